The van der Waals surface area contributed by atoms with E-state index in [-0.39, 0.29) is 51.2 Å². The summed E-state index contributed by atoms with van der Waals surface area (Å²) in [4.78, 5) is 11.4. The fourth-order valence-electron chi connectivity index (χ4n) is 2.01. The summed E-state index contributed by atoms with van der Waals surface area (Å²) in [5, 5.41) is 0.657. The predicted octanol–water partition coefficient (Wildman–Crippen LogP) is 1.23. The molecule has 1 N–H and O–H groups in total. The van der Waals surface area contributed by atoms with Gasteiger partial charge >= 0.3 is 35.5 Å². The number of fused-ring (bicyclic) bond motifs is 1. The average Bonchev–Trinajstić information content (AvgIpc) is 2.43. The van der Waals surface area contributed by atoms with Gasteiger partial charge in [0.25, 0.3) is 10.1 Å². The Hall–Kier alpha value is -1.12. The third kappa shape index (κ3) is 3.38. The van der Waals surface area contributed by atoms with Gasteiger partial charge in [0.1, 0.15) is 16.2 Å². The van der Waals surface area contributed by atoms with Crippen LogP contribution in [0.2, 0.25) is 0 Å². The summed E-state index contributed by atoms with van der Waals surface area (Å²) in [6.45, 7) is 0. The molecule has 8 heteroatoms. The normalized spacial score (nSPS) is 10.8. The molecule has 108 valence electrons. The molecule has 0 heterocycles. The summed E-state index contributed by atoms with van der Waals surface area (Å²) in [5.74, 6) is -0.558. The molecular weight excluding hydrogens is 307 g/mol. The van der Waals surface area contributed by atoms with Crippen LogP contribution in [0.1, 0.15) is 10.4 Å². The number of carbonyl (C=O) groups is 1. The van der Waals surface area contributed by atoms with Crippen molar-refractivity contribution in [3.8, 4) is 5.75 Å². The molecule has 0 saturated heterocycles. The van der Waals surface area contributed by atoms with Gasteiger partial charge in [-0.1, -0.05) is 24.3 Å². The topological polar surface area (TPSA) is 89.9 Å². The van der Waals surface area contributed by atoms with Gasteiger partial charge < -0.3 is 9.47 Å². The van der Waals surface area contributed by atoms with E-state index < -0.39 is 16.1 Å². The van der Waals surface area contributed by atoms with Crippen molar-refractivity contribution < 1.29 is 27.2 Å². The fourth-order valence-corrected chi connectivity index (χ4v) is 2.73. The standard InChI is InChI=1S/C13H12O6S.Na.H/c1-18-12-9-6-4-3-5-8(9)11(20(15,16)17)7-10(12)13(14)19-2;;/h3-7H,1-2H3,(H,15,16,17);;. The average molecular weight is 320 g/mol. The van der Waals surface area contributed by atoms with Crippen LogP contribution in [0.25, 0.3) is 10.8 Å². The number of hydrogen-bond acceptors (Lipinski definition) is 5. The molecule has 0 radical (unpaired) electrons. The number of ether oxygens (including phenoxy) is 2. The van der Waals surface area contributed by atoms with Gasteiger partial charge in [0.2, 0.25) is 0 Å². The molecule has 0 amide bonds. The molecular formula is C13H13NaO6S. The van der Waals surface area contributed by atoms with E-state index in [1.54, 1.807) is 18.2 Å². The first-order valence-corrected chi connectivity index (χ1v) is 6.99. The van der Waals surface area contributed by atoms with Crippen LogP contribution in [0.3, 0.4) is 0 Å². The Kier molecular flexibility index (Phi) is 5.77. The van der Waals surface area contributed by atoms with Crippen LogP contribution in [0, 0.1) is 0 Å². The molecule has 2 aromatic rings. The second kappa shape index (κ2) is 6.76. The molecule has 0 saturated carbocycles. The van der Waals surface area contributed by atoms with Gasteiger partial charge in [-0.05, 0) is 6.07 Å². The van der Waals surface area contributed by atoms with Crippen LogP contribution >= 0.6 is 0 Å². The van der Waals surface area contributed by atoms with E-state index >= 15 is 0 Å². The maximum absolute atomic E-state index is 11.7. The summed E-state index contributed by atoms with van der Waals surface area (Å²) in [7, 11) is -1.95. The molecule has 0 aliphatic carbocycles. The Balaban J connectivity index is 0.00000220. The van der Waals surface area contributed by atoms with Crippen molar-refractivity contribution in [3.63, 3.8) is 0 Å². The van der Waals surface area contributed by atoms with Gasteiger partial charge in [-0.15, -0.1) is 0 Å². The number of hydrogen-bond donors (Lipinski definition) is 1. The third-order valence-electron chi connectivity index (χ3n) is 2.84. The second-order valence-corrected chi connectivity index (χ2v) is 5.36. The Morgan fingerprint density at radius 3 is 2.19 bits per heavy atom. The van der Waals surface area contributed by atoms with Crippen molar-refractivity contribution in [3.05, 3.63) is 35.9 Å². The first-order valence-electron chi connectivity index (χ1n) is 5.55. The monoisotopic (exact) mass is 320 g/mol. The number of benzene rings is 2. The fraction of sp³-hybridized carbons (Fsp3) is 0.154. The van der Waals surface area contributed by atoms with Gasteiger partial charge in [0.15, 0.2) is 0 Å². The quantitative estimate of drug-likeness (QED) is 0.520. The molecule has 0 aromatic heterocycles. The van der Waals surface area contributed by atoms with E-state index in [0.29, 0.717) is 5.39 Å². The zero-order valence-electron chi connectivity index (χ0n) is 10.8. The molecule has 0 atom stereocenters. The number of methoxy groups -OCH3 is 2. The van der Waals surface area contributed by atoms with Crippen molar-refractivity contribution in [2.45, 2.75) is 4.90 Å². The SMILES string of the molecule is COC(=O)c1cc(S(=O)(=O)O)c2ccccc2c1OC.[NaH]. The minimum atomic E-state index is -4.48. The third-order valence-corrected chi connectivity index (χ3v) is 3.74. The van der Waals surface area contributed by atoms with Crippen molar-refractivity contribution in [2.75, 3.05) is 14.2 Å². The number of esters is 1. The van der Waals surface area contributed by atoms with Crippen LogP contribution in [-0.2, 0) is 14.9 Å². The van der Waals surface area contributed by atoms with Crippen LogP contribution < -0.4 is 4.74 Å². The molecule has 0 bridgehead atoms. The van der Waals surface area contributed by atoms with Gasteiger partial charge in [-0.2, -0.15) is 8.42 Å². The Labute approximate surface area is 144 Å². The molecule has 2 rings (SSSR count). The summed E-state index contributed by atoms with van der Waals surface area (Å²) >= 11 is 0. The number of carbonyl (C=O) groups excluding carboxylic acids is 1. The Bertz CT molecular complexity index is 785. The minimum absolute atomic E-state index is 0. The molecule has 0 fully saturated rings. The summed E-state index contributed by atoms with van der Waals surface area (Å²) < 4.78 is 42.0. The van der Waals surface area contributed by atoms with Crippen molar-refractivity contribution in [1.29, 1.82) is 0 Å². The summed E-state index contributed by atoms with van der Waals surface area (Å²) in [6, 6.07) is 7.44. The van der Waals surface area contributed by atoms with Crippen LogP contribution in [-0.4, -0.2) is 62.7 Å². The van der Waals surface area contributed by atoms with E-state index in [4.69, 9.17) is 4.74 Å². The van der Waals surface area contributed by atoms with E-state index in [1.807, 2.05) is 0 Å². The van der Waals surface area contributed by atoms with E-state index in [9.17, 15) is 17.8 Å². The second-order valence-electron chi connectivity index (χ2n) is 3.97. The Morgan fingerprint density at radius 1 is 1.14 bits per heavy atom. The van der Waals surface area contributed by atoms with Crippen molar-refractivity contribution in [1.82, 2.24) is 0 Å². The summed E-state index contributed by atoms with van der Waals surface area (Å²) in [5.41, 5.74) is -0.0682. The van der Waals surface area contributed by atoms with Crippen LogP contribution in [0.5, 0.6) is 5.75 Å². The maximum atomic E-state index is 11.7. The van der Waals surface area contributed by atoms with Gasteiger partial charge in [-0.3, -0.25) is 4.55 Å². The molecule has 21 heavy (non-hydrogen) atoms. The van der Waals surface area contributed by atoms with Crippen molar-refractivity contribution >= 4 is 56.4 Å². The van der Waals surface area contributed by atoms with E-state index in [0.717, 1.165) is 6.07 Å². The first kappa shape index (κ1) is 17.9. The van der Waals surface area contributed by atoms with E-state index in [2.05, 4.69) is 4.74 Å². The zero-order chi connectivity index (χ0) is 14.9. The van der Waals surface area contributed by atoms with Gasteiger partial charge in [0, 0.05) is 10.8 Å². The molecule has 0 spiro atoms. The van der Waals surface area contributed by atoms with Crippen LogP contribution in [0.4, 0.5) is 0 Å². The van der Waals surface area contributed by atoms with Crippen LogP contribution in [0.15, 0.2) is 35.2 Å². The summed E-state index contributed by atoms with van der Waals surface area (Å²) in [6.07, 6.45) is 0. The molecule has 6 nitrogen and oxygen atoms in total. The number of rotatable bonds is 3. The van der Waals surface area contributed by atoms with Crippen molar-refractivity contribution in [2.24, 2.45) is 0 Å². The molecule has 0 unspecified atom stereocenters. The predicted molar refractivity (Wildman–Crippen MR) is 78.8 cm³/mol. The Morgan fingerprint density at radius 2 is 1.71 bits per heavy atom. The van der Waals surface area contributed by atoms with E-state index in [1.165, 1.54) is 20.3 Å². The van der Waals surface area contributed by atoms with Gasteiger partial charge in [0.05, 0.1) is 14.2 Å². The molecule has 0 aliphatic heterocycles. The molecule has 0 aliphatic rings. The zero-order valence-corrected chi connectivity index (χ0v) is 11.6. The van der Waals surface area contributed by atoms with Gasteiger partial charge in [-0.25, -0.2) is 4.79 Å². The first-order chi connectivity index (χ1) is 9.40. The molecule has 2 aromatic carbocycles.